The SMILES string of the molecule is CCn1c(CC(=O)Nc2ccc(C)c(C)c2)nnc1S[C@@H](C)C(=O)Nc1nc(C)c(C)s1. The van der Waals surface area contributed by atoms with Crippen molar-refractivity contribution in [3.63, 3.8) is 0 Å². The number of hydrogen-bond donors (Lipinski definition) is 2. The molecule has 2 amide bonds. The Labute approximate surface area is 196 Å². The maximum atomic E-state index is 12.6. The zero-order valence-corrected chi connectivity index (χ0v) is 20.8. The maximum Gasteiger partial charge on any atom is 0.239 e. The third-order valence-electron chi connectivity index (χ3n) is 5.13. The van der Waals surface area contributed by atoms with E-state index in [2.05, 4.69) is 25.8 Å². The molecule has 2 N–H and O–H groups in total. The molecule has 170 valence electrons. The number of nitrogens with zero attached hydrogens (tertiary/aromatic N) is 4. The summed E-state index contributed by atoms with van der Waals surface area (Å²) in [4.78, 5) is 30.6. The smallest absolute Gasteiger partial charge is 0.239 e. The molecule has 0 fully saturated rings. The Morgan fingerprint density at radius 2 is 1.88 bits per heavy atom. The lowest BCUT2D eigenvalue weighted by Crippen LogP contribution is -2.23. The molecular weight excluding hydrogens is 444 g/mol. The van der Waals surface area contributed by atoms with Crippen molar-refractivity contribution in [1.29, 1.82) is 0 Å². The number of thiazole rings is 1. The van der Waals surface area contributed by atoms with E-state index in [-0.39, 0.29) is 18.2 Å². The summed E-state index contributed by atoms with van der Waals surface area (Å²) in [6, 6.07) is 5.82. The molecule has 10 heteroatoms. The molecule has 3 rings (SSSR count). The first kappa shape index (κ1) is 23.9. The number of hydrogen-bond acceptors (Lipinski definition) is 7. The number of carbonyl (C=O) groups is 2. The summed E-state index contributed by atoms with van der Waals surface area (Å²) in [7, 11) is 0. The fourth-order valence-corrected chi connectivity index (χ4v) is 4.72. The van der Waals surface area contributed by atoms with E-state index in [9.17, 15) is 9.59 Å². The van der Waals surface area contributed by atoms with Gasteiger partial charge in [0.2, 0.25) is 11.8 Å². The standard InChI is InChI=1S/C22H28N6O2S2/c1-7-28-18(11-19(29)24-17-9-8-12(2)13(3)10-17)26-27-22(28)32-16(6)20(30)25-21-23-14(4)15(5)31-21/h8-10,16H,7,11H2,1-6H3,(H,24,29)(H,23,25,30)/t16-/m0/s1. The quantitative estimate of drug-likeness (QED) is 0.474. The predicted octanol–water partition coefficient (Wildman–Crippen LogP) is 4.29. The van der Waals surface area contributed by atoms with Crippen molar-refractivity contribution < 1.29 is 9.59 Å². The number of aryl methyl sites for hydroxylation is 4. The molecule has 32 heavy (non-hydrogen) atoms. The van der Waals surface area contributed by atoms with Crippen LogP contribution >= 0.6 is 23.1 Å². The molecule has 2 aromatic heterocycles. The lowest BCUT2D eigenvalue weighted by atomic mass is 10.1. The van der Waals surface area contributed by atoms with Gasteiger partial charge in [0.25, 0.3) is 0 Å². The molecule has 3 aromatic rings. The predicted molar refractivity (Wildman–Crippen MR) is 129 cm³/mol. The van der Waals surface area contributed by atoms with Crippen LogP contribution in [0.1, 0.15) is 41.4 Å². The molecule has 1 aromatic carbocycles. The fourth-order valence-electron chi connectivity index (χ4n) is 2.97. The van der Waals surface area contributed by atoms with Crippen molar-refractivity contribution in [2.24, 2.45) is 0 Å². The Hall–Kier alpha value is -2.72. The highest BCUT2D eigenvalue weighted by molar-refractivity contribution is 8.00. The number of benzene rings is 1. The highest BCUT2D eigenvalue weighted by atomic mass is 32.2. The van der Waals surface area contributed by atoms with Crippen LogP contribution in [0.2, 0.25) is 0 Å². The number of anilines is 2. The van der Waals surface area contributed by atoms with Gasteiger partial charge < -0.3 is 15.2 Å². The second-order valence-corrected chi connectivity index (χ2v) is 10.1. The van der Waals surface area contributed by atoms with Crippen LogP contribution in [0.5, 0.6) is 0 Å². The maximum absolute atomic E-state index is 12.6. The zero-order chi connectivity index (χ0) is 23.4. The van der Waals surface area contributed by atoms with Crippen LogP contribution in [-0.4, -0.2) is 36.8 Å². The number of amides is 2. The number of aromatic nitrogens is 4. The Kier molecular flexibility index (Phi) is 7.68. The minimum atomic E-state index is -0.397. The third kappa shape index (κ3) is 5.74. The summed E-state index contributed by atoms with van der Waals surface area (Å²) < 4.78 is 1.87. The highest BCUT2D eigenvalue weighted by Crippen LogP contribution is 2.26. The van der Waals surface area contributed by atoms with E-state index in [0.29, 0.717) is 22.7 Å². The minimum Gasteiger partial charge on any atom is -0.326 e. The normalized spacial score (nSPS) is 11.9. The second kappa shape index (κ2) is 10.3. The van der Waals surface area contributed by atoms with E-state index in [0.717, 1.165) is 21.8 Å². The summed E-state index contributed by atoms with van der Waals surface area (Å²) >= 11 is 2.77. The van der Waals surface area contributed by atoms with Crippen LogP contribution in [-0.2, 0) is 22.6 Å². The lowest BCUT2D eigenvalue weighted by Gasteiger charge is -2.12. The van der Waals surface area contributed by atoms with Crippen LogP contribution in [0.15, 0.2) is 23.4 Å². The molecule has 0 saturated heterocycles. The summed E-state index contributed by atoms with van der Waals surface area (Å²) in [6.45, 7) is 12.3. The topological polar surface area (TPSA) is 102 Å². The van der Waals surface area contributed by atoms with Crippen molar-refractivity contribution in [2.75, 3.05) is 10.6 Å². The first-order chi connectivity index (χ1) is 15.2. The molecule has 0 aliphatic rings. The lowest BCUT2D eigenvalue weighted by molar-refractivity contribution is -0.116. The van der Waals surface area contributed by atoms with Gasteiger partial charge in [-0.2, -0.15) is 0 Å². The van der Waals surface area contributed by atoms with Crippen LogP contribution in [0, 0.1) is 27.7 Å². The molecule has 0 spiro atoms. The Bertz CT molecular complexity index is 1120. The first-order valence-electron chi connectivity index (χ1n) is 10.4. The Morgan fingerprint density at radius 3 is 2.50 bits per heavy atom. The number of thioether (sulfide) groups is 1. The van der Waals surface area contributed by atoms with Crippen LogP contribution in [0.25, 0.3) is 0 Å². The Morgan fingerprint density at radius 1 is 1.12 bits per heavy atom. The van der Waals surface area contributed by atoms with Gasteiger partial charge in [0.15, 0.2) is 10.3 Å². The molecule has 8 nitrogen and oxygen atoms in total. The summed E-state index contributed by atoms with van der Waals surface area (Å²) in [5.74, 6) is 0.255. The molecule has 0 bridgehead atoms. The Balaban J connectivity index is 1.63. The van der Waals surface area contributed by atoms with Crippen molar-refractivity contribution in [3.05, 3.63) is 45.7 Å². The molecule has 0 unspecified atom stereocenters. The second-order valence-electron chi connectivity index (χ2n) is 7.58. The van der Waals surface area contributed by atoms with Crippen molar-refractivity contribution in [1.82, 2.24) is 19.7 Å². The molecule has 2 heterocycles. The molecule has 0 aliphatic carbocycles. The van der Waals surface area contributed by atoms with E-state index < -0.39 is 5.25 Å². The van der Waals surface area contributed by atoms with Gasteiger partial charge in [-0.3, -0.25) is 9.59 Å². The van der Waals surface area contributed by atoms with E-state index >= 15 is 0 Å². The van der Waals surface area contributed by atoms with Gasteiger partial charge in [0.1, 0.15) is 5.82 Å². The van der Waals surface area contributed by atoms with Gasteiger partial charge in [-0.25, -0.2) is 4.98 Å². The number of rotatable bonds is 8. The number of nitrogens with one attached hydrogen (secondary N) is 2. The van der Waals surface area contributed by atoms with E-state index in [1.807, 2.05) is 64.3 Å². The highest BCUT2D eigenvalue weighted by Gasteiger charge is 2.22. The molecule has 0 radical (unpaired) electrons. The van der Waals surface area contributed by atoms with E-state index in [1.165, 1.54) is 28.7 Å². The summed E-state index contributed by atoms with van der Waals surface area (Å²) in [6.07, 6.45) is 0.104. The largest absolute Gasteiger partial charge is 0.326 e. The van der Waals surface area contributed by atoms with E-state index in [4.69, 9.17) is 0 Å². The third-order valence-corrected chi connectivity index (χ3v) is 7.20. The van der Waals surface area contributed by atoms with Crippen LogP contribution < -0.4 is 10.6 Å². The van der Waals surface area contributed by atoms with Gasteiger partial charge in [-0.15, -0.1) is 21.5 Å². The summed E-state index contributed by atoms with van der Waals surface area (Å²) in [5, 5.41) is 15.0. The first-order valence-corrected chi connectivity index (χ1v) is 12.1. The van der Waals surface area contributed by atoms with Gasteiger partial charge in [-0.1, -0.05) is 17.8 Å². The van der Waals surface area contributed by atoms with Gasteiger partial charge >= 0.3 is 0 Å². The minimum absolute atomic E-state index is 0.104. The van der Waals surface area contributed by atoms with Crippen LogP contribution in [0.3, 0.4) is 0 Å². The summed E-state index contributed by atoms with van der Waals surface area (Å²) in [5.41, 5.74) is 3.97. The monoisotopic (exact) mass is 472 g/mol. The molecule has 0 saturated carbocycles. The molecular formula is C22H28N6O2S2. The van der Waals surface area contributed by atoms with Crippen molar-refractivity contribution in [3.8, 4) is 0 Å². The number of carbonyl (C=O) groups excluding carboxylic acids is 2. The zero-order valence-electron chi connectivity index (χ0n) is 19.1. The average molecular weight is 473 g/mol. The van der Waals surface area contributed by atoms with Gasteiger partial charge in [0, 0.05) is 17.1 Å². The van der Waals surface area contributed by atoms with Crippen molar-refractivity contribution in [2.45, 2.75) is 64.9 Å². The molecule has 1 atom stereocenters. The van der Waals surface area contributed by atoms with Gasteiger partial charge in [0.05, 0.1) is 17.4 Å². The molecule has 0 aliphatic heterocycles. The van der Waals surface area contributed by atoms with E-state index in [1.54, 1.807) is 0 Å². The van der Waals surface area contributed by atoms with Crippen molar-refractivity contribution >= 4 is 45.7 Å². The average Bonchev–Trinajstić information content (AvgIpc) is 3.26. The fraction of sp³-hybridized carbons (Fsp3) is 0.409. The van der Waals surface area contributed by atoms with Gasteiger partial charge in [-0.05, 0) is 64.8 Å². The van der Waals surface area contributed by atoms with Crippen LogP contribution in [0.4, 0.5) is 10.8 Å².